The third kappa shape index (κ3) is 3.63. The van der Waals surface area contributed by atoms with E-state index in [0.717, 1.165) is 28.6 Å². The van der Waals surface area contributed by atoms with Crippen LogP contribution in [0, 0.1) is 0 Å². The van der Waals surface area contributed by atoms with Crippen LogP contribution in [0.5, 0.6) is 0 Å². The first kappa shape index (κ1) is 20.3. The molecule has 0 atom stereocenters. The van der Waals surface area contributed by atoms with Crippen LogP contribution >= 0.6 is 0 Å². The number of aryl methyl sites for hydroxylation is 1. The molecule has 6 nitrogen and oxygen atoms in total. The van der Waals surface area contributed by atoms with Gasteiger partial charge in [0.15, 0.2) is 0 Å². The Kier molecular flexibility index (Phi) is 4.76. The van der Waals surface area contributed by atoms with Crippen molar-refractivity contribution in [3.63, 3.8) is 0 Å². The fourth-order valence-electron chi connectivity index (χ4n) is 4.03. The molecule has 1 aliphatic heterocycles. The smallest absolute Gasteiger partial charge is 0.350 e. The Hall–Kier alpha value is -3.62. The Morgan fingerprint density at radius 2 is 1.94 bits per heavy atom. The minimum Gasteiger partial charge on any atom is -0.350 e. The average Bonchev–Trinajstić information content (AvgIpc) is 3.32. The molecule has 32 heavy (non-hydrogen) atoms. The SMILES string of the molecule is Cn1cc(CC(=O)N2CC(c3nc(-c4cccc(C(F)(F)F)c4)no3)C2)c2ccccc21. The predicted octanol–water partition coefficient (Wildman–Crippen LogP) is 4.42. The van der Waals surface area contributed by atoms with Crippen molar-refractivity contribution < 1.29 is 22.5 Å². The van der Waals surface area contributed by atoms with Gasteiger partial charge in [-0.25, -0.2) is 0 Å². The molecule has 0 N–H and O–H groups in total. The van der Waals surface area contributed by atoms with Crippen LogP contribution in [-0.4, -0.2) is 38.6 Å². The van der Waals surface area contributed by atoms with Crippen molar-refractivity contribution in [2.45, 2.75) is 18.5 Å². The zero-order valence-corrected chi connectivity index (χ0v) is 17.1. The molecule has 1 amide bonds. The van der Waals surface area contributed by atoms with Crippen LogP contribution in [0.25, 0.3) is 22.3 Å². The zero-order chi connectivity index (χ0) is 22.5. The Morgan fingerprint density at radius 1 is 1.16 bits per heavy atom. The molecule has 9 heteroatoms. The van der Waals surface area contributed by atoms with Gasteiger partial charge in [0.25, 0.3) is 0 Å². The number of nitrogens with zero attached hydrogens (tertiary/aromatic N) is 4. The van der Waals surface area contributed by atoms with E-state index in [1.165, 1.54) is 12.1 Å². The van der Waals surface area contributed by atoms with Gasteiger partial charge in [0.2, 0.25) is 17.6 Å². The molecule has 0 unspecified atom stereocenters. The van der Waals surface area contributed by atoms with Gasteiger partial charge < -0.3 is 14.0 Å². The van der Waals surface area contributed by atoms with E-state index in [-0.39, 0.29) is 23.2 Å². The number of benzene rings is 2. The first-order valence-electron chi connectivity index (χ1n) is 10.1. The van der Waals surface area contributed by atoms with Gasteiger partial charge in [-0.05, 0) is 23.8 Å². The van der Waals surface area contributed by atoms with E-state index in [1.54, 1.807) is 4.90 Å². The summed E-state index contributed by atoms with van der Waals surface area (Å²) in [5, 5.41) is 4.89. The summed E-state index contributed by atoms with van der Waals surface area (Å²) < 4.78 is 46.1. The number of para-hydroxylation sites is 1. The van der Waals surface area contributed by atoms with Crippen molar-refractivity contribution >= 4 is 16.8 Å². The number of carbonyl (C=O) groups is 1. The zero-order valence-electron chi connectivity index (χ0n) is 17.1. The molecule has 2 aromatic carbocycles. The molecule has 164 valence electrons. The Labute approximate surface area is 181 Å². The number of alkyl halides is 3. The fraction of sp³-hybridized carbons (Fsp3) is 0.261. The second-order valence-corrected chi connectivity index (χ2v) is 7.99. The van der Waals surface area contributed by atoms with Gasteiger partial charge in [0.05, 0.1) is 17.9 Å². The maximum Gasteiger partial charge on any atom is 0.416 e. The summed E-state index contributed by atoms with van der Waals surface area (Å²) in [6.45, 7) is 0.877. The van der Waals surface area contributed by atoms with Crippen molar-refractivity contribution in [3.8, 4) is 11.4 Å². The van der Waals surface area contributed by atoms with Gasteiger partial charge >= 0.3 is 6.18 Å². The lowest BCUT2D eigenvalue weighted by atomic mass is 9.98. The number of likely N-dealkylation sites (tertiary alicyclic amines) is 1. The number of fused-ring (bicyclic) bond motifs is 1. The van der Waals surface area contributed by atoms with Crippen molar-refractivity contribution in [1.82, 2.24) is 19.6 Å². The van der Waals surface area contributed by atoms with E-state index in [4.69, 9.17) is 4.52 Å². The maximum atomic E-state index is 12.9. The molecular weight excluding hydrogens is 421 g/mol. The standard InChI is InChI=1S/C23H19F3N4O2/c1-29-11-15(18-7-2-3-8-19(18)29)10-20(31)30-12-16(13-30)22-27-21(28-32-22)14-5-4-6-17(9-14)23(24,25)26/h2-9,11,16H,10,12-13H2,1H3. The molecule has 2 aromatic heterocycles. The number of halogens is 3. The third-order valence-electron chi connectivity index (χ3n) is 5.79. The Morgan fingerprint density at radius 3 is 2.72 bits per heavy atom. The molecule has 0 saturated carbocycles. The molecule has 3 heterocycles. The Balaban J connectivity index is 1.24. The molecule has 0 aliphatic carbocycles. The Bertz CT molecular complexity index is 1300. The summed E-state index contributed by atoms with van der Waals surface area (Å²) in [6.07, 6.45) is -2.17. The van der Waals surface area contributed by atoms with Crippen LogP contribution in [0.2, 0.25) is 0 Å². The van der Waals surface area contributed by atoms with Crippen molar-refractivity contribution in [3.05, 3.63) is 71.7 Å². The van der Waals surface area contributed by atoms with Gasteiger partial charge in [-0.15, -0.1) is 0 Å². The highest BCUT2D eigenvalue weighted by molar-refractivity contribution is 5.89. The lowest BCUT2D eigenvalue weighted by Crippen LogP contribution is -2.49. The molecule has 5 rings (SSSR count). The highest BCUT2D eigenvalue weighted by atomic mass is 19.4. The lowest BCUT2D eigenvalue weighted by Gasteiger charge is -2.37. The van der Waals surface area contributed by atoms with Gasteiger partial charge in [-0.1, -0.05) is 35.5 Å². The molecule has 4 aromatic rings. The maximum absolute atomic E-state index is 12.9. The van der Waals surface area contributed by atoms with Crippen LogP contribution in [0.4, 0.5) is 13.2 Å². The summed E-state index contributed by atoms with van der Waals surface area (Å²) in [5.41, 5.74) is 1.51. The monoisotopic (exact) mass is 440 g/mol. The number of aromatic nitrogens is 3. The fourth-order valence-corrected chi connectivity index (χ4v) is 4.03. The van der Waals surface area contributed by atoms with E-state index in [1.807, 2.05) is 42.1 Å². The van der Waals surface area contributed by atoms with Crippen LogP contribution in [-0.2, 0) is 24.4 Å². The van der Waals surface area contributed by atoms with Crippen molar-refractivity contribution in [2.75, 3.05) is 13.1 Å². The van der Waals surface area contributed by atoms with Crippen LogP contribution in [0.15, 0.2) is 59.3 Å². The highest BCUT2D eigenvalue weighted by Gasteiger charge is 2.36. The van der Waals surface area contributed by atoms with Gasteiger partial charge in [-0.3, -0.25) is 4.79 Å². The van der Waals surface area contributed by atoms with Crippen molar-refractivity contribution in [1.29, 1.82) is 0 Å². The summed E-state index contributed by atoms with van der Waals surface area (Å²) in [4.78, 5) is 18.7. The van der Waals surface area contributed by atoms with Gasteiger partial charge in [0.1, 0.15) is 0 Å². The molecule has 0 bridgehead atoms. The van der Waals surface area contributed by atoms with E-state index in [2.05, 4.69) is 10.1 Å². The summed E-state index contributed by atoms with van der Waals surface area (Å²) in [7, 11) is 1.95. The van der Waals surface area contributed by atoms with Crippen LogP contribution < -0.4 is 0 Å². The lowest BCUT2D eigenvalue weighted by molar-refractivity contribution is -0.137. The molecule has 1 fully saturated rings. The van der Waals surface area contributed by atoms with E-state index >= 15 is 0 Å². The molecule has 0 radical (unpaired) electrons. The third-order valence-corrected chi connectivity index (χ3v) is 5.79. The van der Waals surface area contributed by atoms with Crippen molar-refractivity contribution in [2.24, 2.45) is 7.05 Å². The number of hydrogen-bond donors (Lipinski definition) is 0. The predicted molar refractivity (Wildman–Crippen MR) is 111 cm³/mol. The van der Waals surface area contributed by atoms with E-state index in [9.17, 15) is 18.0 Å². The second-order valence-electron chi connectivity index (χ2n) is 7.99. The number of amides is 1. The van der Waals surface area contributed by atoms with Gasteiger partial charge in [0, 0.05) is 42.8 Å². The average molecular weight is 440 g/mol. The summed E-state index contributed by atoms with van der Waals surface area (Å²) >= 11 is 0. The minimum absolute atomic E-state index is 0.00946. The van der Waals surface area contributed by atoms with Crippen LogP contribution in [0.1, 0.15) is 22.9 Å². The quantitative estimate of drug-likeness (QED) is 0.472. The summed E-state index contributed by atoms with van der Waals surface area (Å²) in [6, 6.07) is 12.7. The van der Waals surface area contributed by atoms with Crippen LogP contribution in [0.3, 0.4) is 0 Å². The van der Waals surface area contributed by atoms with E-state index in [0.29, 0.717) is 25.4 Å². The molecule has 1 aliphatic rings. The minimum atomic E-state index is -4.44. The molecular formula is C23H19F3N4O2. The first-order chi connectivity index (χ1) is 15.3. The molecule has 0 spiro atoms. The van der Waals surface area contributed by atoms with Gasteiger partial charge in [-0.2, -0.15) is 18.2 Å². The normalized spacial score (nSPS) is 14.7. The highest BCUT2D eigenvalue weighted by Crippen LogP contribution is 2.33. The van der Waals surface area contributed by atoms with E-state index < -0.39 is 11.7 Å². The summed E-state index contributed by atoms with van der Waals surface area (Å²) in [5.74, 6) is 0.312. The number of rotatable bonds is 4. The second kappa shape index (κ2) is 7.51. The number of carbonyl (C=O) groups excluding carboxylic acids is 1. The number of hydrogen-bond acceptors (Lipinski definition) is 4. The topological polar surface area (TPSA) is 64.2 Å². The first-order valence-corrected chi connectivity index (χ1v) is 10.1. The molecule has 1 saturated heterocycles. The largest absolute Gasteiger partial charge is 0.416 e.